The zero-order chi connectivity index (χ0) is 14.8. The molecule has 0 spiro atoms. The number of hydrogen-bond acceptors (Lipinski definition) is 3. The van der Waals surface area contributed by atoms with E-state index in [1.807, 2.05) is 13.8 Å². The minimum absolute atomic E-state index is 0.0305. The van der Waals surface area contributed by atoms with Crippen molar-refractivity contribution in [3.8, 4) is 0 Å². The summed E-state index contributed by atoms with van der Waals surface area (Å²) in [5, 5.41) is 9.09. The summed E-state index contributed by atoms with van der Waals surface area (Å²) in [5.41, 5.74) is 0.0851. The zero-order valence-electron chi connectivity index (χ0n) is 10.9. The van der Waals surface area contributed by atoms with Gasteiger partial charge in [0.25, 0.3) is 0 Å². The van der Waals surface area contributed by atoms with Crippen LogP contribution in [0.2, 0.25) is 0 Å². The van der Waals surface area contributed by atoms with E-state index in [2.05, 4.69) is 15.9 Å². The molecule has 5 nitrogen and oxygen atoms in total. The monoisotopic (exact) mass is 337 g/mol. The molecule has 2 unspecified atom stereocenters. The molecule has 1 aromatic rings. The number of anilines is 1. The van der Waals surface area contributed by atoms with Gasteiger partial charge >= 0.3 is 5.97 Å². The number of piperidine rings is 1. The second-order valence-corrected chi connectivity index (χ2v) is 6.61. The second kappa shape index (κ2) is 3.91. The molecule has 1 N–H and O–H groups in total. The van der Waals surface area contributed by atoms with Crippen LogP contribution in [0.4, 0.5) is 5.69 Å². The maximum Gasteiger partial charge on any atom is 0.336 e. The maximum absolute atomic E-state index is 12.3. The third kappa shape index (κ3) is 1.57. The minimum Gasteiger partial charge on any atom is -0.478 e. The van der Waals surface area contributed by atoms with E-state index in [9.17, 15) is 14.4 Å². The minimum atomic E-state index is -1.11. The number of carboxylic acid groups (broad SMARTS) is 1. The number of hydrogen-bond donors (Lipinski definition) is 1. The fourth-order valence-electron chi connectivity index (χ4n) is 3.02. The molecule has 2 fully saturated rings. The molecular formula is C14H12BrNO4. The summed E-state index contributed by atoms with van der Waals surface area (Å²) in [6.45, 7) is 3.81. The quantitative estimate of drug-likeness (QED) is 0.840. The van der Waals surface area contributed by atoms with Crippen LogP contribution in [0, 0.1) is 17.3 Å². The first-order valence-electron chi connectivity index (χ1n) is 6.17. The van der Waals surface area contributed by atoms with Crippen LogP contribution in [0.5, 0.6) is 0 Å². The van der Waals surface area contributed by atoms with Gasteiger partial charge < -0.3 is 5.11 Å². The van der Waals surface area contributed by atoms with Gasteiger partial charge in [0.2, 0.25) is 11.8 Å². The van der Waals surface area contributed by atoms with E-state index in [0.29, 0.717) is 10.2 Å². The first kappa shape index (κ1) is 13.3. The summed E-state index contributed by atoms with van der Waals surface area (Å²) in [5.74, 6) is -2.12. The van der Waals surface area contributed by atoms with Gasteiger partial charge in [0, 0.05) is 4.47 Å². The van der Waals surface area contributed by atoms with Gasteiger partial charge in [-0.1, -0.05) is 13.8 Å². The number of fused-ring (bicyclic) bond motifs is 1. The smallest absolute Gasteiger partial charge is 0.336 e. The van der Waals surface area contributed by atoms with Crippen molar-refractivity contribution in [2.24, 2.45) is 17.3 Å². The number of halogens is 1. The van der Waals surface area contributed by atoms with E-state index < -0.39 is 5.97 Å². The van der Waals surface area contributed by atoms with Crippen molar-refractivity contribution in [2.75, 3.05) is 4.90 Å². The van der Waals surface area contributed by atoms with E-state index >= 15 is 0 Å². The Kier molecular flexibility index (Phi) is 2.60. The number of rotatable bonds is 2. The standard InChI is InChI=1S/C14H12BrNO4/c1-14(2)9-10(14)12(18)16(11(9)17)6-3-4-8(15)7(5-6)13(19)20/h3-5,9-10H,1-2H3,(H,19,20). The van der Waals surface area contributed by atoms with Gasteiger partial charge in [-0.2, -0.15) is 0 Å². The highest BCUT2D eigenvalue weighted by Crippen LogP contribution is 2.63. The van der Waals surface area contributed by atoms with Gasteiger partial charge in [0.15, 0.2) is 0 Å². The summed E-state index contributed by atoms with van der Waals surface area (Å²) in [7, 11) is 0. The molecule has 1 saturated heterocycles. The number of carbonyl (C=O) groups excluding carboxylic acids is 2. The third-order valence-corrected chi connectivity index (χ3v) is 4.93. The predicted octanol–water partition coefficient (Wildman–Crippen LogP) is 2.29. The molecule has 20 heavy (non-hydrogen) atoms. The SMILES string of the molecule is CC1(C)C2C(=O)N(c3ccc(Br)c(C(=O)O)c3)C(=O)C21. The molecule has 2 atom stereocenters. The fourth-order valence-corrected chi connectivity index (χ4v) is 3.43. The first-order chi connectivity index (χ1) is 9.26. The number of amides is 2. The second-order valence-electron chi connectivity index (χ2n) is 5.76. The summed E-state index contributed by atoms with van der Waals surface area (Å²) in [6.07, 6.45) is 0. The highest BCUT2D eigenvalue weighted by Gasteiger charge is 2.72. The van der Waals surface area contributed by atoms with E-state index in [-0.39, 0.29) is 34.6 Å². The average molecular weight is 338 g/mol. The van der Waals surface area contributed by atoms with Crippen LogP contribution in [0.1, 0.15) is 24.2 Å². The number of benzene rings is 1. The number of imide groups is 1. The lowest BCUT2D eigenvalue weighted by Gasteiger charge is -2.21. The summed E-state index contributed by atoms with van der Waals surface area (Å²) in [6, 6.07) is 4.46. The molecule has 2 amide bonds. The predicted molar refractivity (Wildman–Crippen MR) is 74.4 cm³/mol. The molecule has 3 rings (SSSR count). The molecular weight excluding hydrogens is 326 g/mol. The van der Waals surface area contributed by atoms with Crippen molar-refractivity contribution in [3.05, 3.63) is 28.2 Å². The topological polar surface area (TPSA) is 74.7 Å². The average Bonchev–Trinajstić information content (AvgIpc) is 2.81. The van der Waals surface area contributed by atoms with Crippen LogP contribution >= 0.6 is 15.9 Å². The Morgan fingerprint density at radius 2 is 1.80 bits per heavy atom. The van der Waals surface area contributed by atoms with Crippen LogP contribution in [-0.2, 0) is 9.59 Å². The van der Waals surface area contributed by atoms with Crippen LogP contribution < -0.4 is 4.90 Å². The summed E-state index contributed by atoms with van der Waals surface area (Å²) < 4.78 is 0.415. The molecule has 1 aliphatic carbocycles. The van der Waals surface area contributed by atoms with Gasteiger partial charge in [0.1, 0.15) is 0 Å². The van der Waals surface area contributed by atoms with Crippen molar-refractivity contribution in [1.82, 2.24) is 0 Å². The van der Waals surface area contributed by atoms with E-state index in [4.69, 9.17) is 5.11 Å². The zero-order valence-corrected chi connectivity index (χ0v) is 12.5. The molecule has 1 saturated carbocycles. The van der Waals surface area contributed by atoms with Gasteiger partial charge in [-0.15, -0.1) is 0 Å². The molecule has 1 heterocycles. The highest BCUT2D eigenvalue weighted by atomic mass is 79.9. The van der Waals surface area contributed by atoms with E-state index in [1.54, 1.807) is 6.07 Å². The molecule has 104 valence electrons. The summed E-state index contributed by atoms with van der Waals surface area (Å²) >= 11 is 3.14. The van der Waals surface area contributed by atoms with Gasteiger partial charge in [-0.05, 0) is 39.5 Å². The third-order valence-electron chi connectivity index (χ3n) is 4.24. The Bertz CT molecular complexity index is 643. The Hall–Kier alpha value is -1.69. The largest absolute Gasteiger partial charge is 0.478 e. The maximum atomic E-state index is 12.3. The van der Waals surface area contributed by atoms with Gasteiger partial charge in [0.05, 0.1) is 23.1 Å². The van der Waals surface area contributed by atoms with Crippen molar-refractivity contribution < 1.29 is 19.5 Å². The highest BCUT2D eigenvalue weighted by molar-refractivity contribution is 9.10. The van der Waals surface area contributed by atoms with Crippen LogP contribution in [0.15, 0.2) is 22.7 Å². The lowest BCUT2D eigenvalue weighted by molar-refractivity contribution is -0.125. The van der Waals surface area contributed by atoms with Crippen molar-refractivity contribution in [2.45, 2.75) is 13.8 Å². The van der Waals surface area contributed by atoms with Crippen molar-refractivity contribution in [1.29, 1.82) is 0 Å². The van der Waals surface area contributed by atoms with Gasteiger partial charge in [-0.3, -0.25) is 9.59 Å². The Balaban J connectivity index is 2.00. The molecule has 2 aliphatic rings. The van der Waals surface area contributed by atoms with Crippen LogP contribution in [0.25, 0.3) is 0 Å². The summed E-state index contributed by atoms with van der Waals surface area (Å²) in [4.78, 5) is 36.8. The van der Waals surface area contributed by atoms with E-state index in [0.717, 1.165) is 4.90 Å². The van der Waals surface area contributed by atoms with Crippen molar-refractivity contribution >= 4 is 39.4 Å². The number of carbonyl (C=O) groups is 3. The molecule has 0 radical (unpaired) electrons. The lowest BCUT2D eigenvalue weighted by Crippen LogP contribution is -2.36. The molecule has 0 bridgehead atoms. The Morgan fingerprint density at radius 3 is 2.30 bits per heavy atom. The molecule has 0 aromatic heterocycles. The van der Waals surface area contributed by atoms with Gasteiger partial charge in [-0.25, -0.2) is 9.69 Å². The molecule has 6 heteroatoms. The molecule has 1 aliphatic heterocycles. The number of nitrogens with zero attached hydrogens (tertiary/aromatic N) is 1. The van der Waals surface area contributed by atoms with E-state index in [1.165, 1.54) is 12.1 Å². The fraction of sp³-hybridized carbons (Fsp3) is 0.357. The van der Waals surface area contributed by atoms with Crippen LogP contribution in [0.3, 0.4) is 0 Å². The van der Waals surface area contributed by atoms with Crippen LogP contribution in [-0.4, -0.2) is 22.9 Å². The Labute approximate surface area is 123 Å². The first-order valence-corrected chi connectivity index (χ1v) is 6.96. The number of carboxylic acids is 1. The Morgan fingerprint density at radius 1 is 1.25 bits per heavy atom. The van der Waals surface area contributed by atoms with Crippen molar-refractivity contribution in [3.63, 3.8) is 0 Å². The number of aromatic carboxylic acids is 1. The normalized spacial score (nSPS) is 26.6. The lowest BCUT2D eigenvalue weighted by atomic mass is 10.0. The molecule has 1 aromatic carbocycles.